The molecule has 3 aromatic carbocycles. The molecule has 6 nitrogen and oxygen atoms in total. The molecular weight excluding hydrogens is 362 g/mol. The van der Waals surface area contributed by atoms with Gasteiger partial charge in [-0.2, -0.15) is 5.10 Å². The molecule has 0 unspecified atom stereocenters. The van der Waals surface area contributed by atoms with Crippen LogP contribution in [0.25, 0.3) is 28.0 Å². The molecule has 0 aliphatic rings. The van der Waals surface area contributed by atoms with Crippen LogP contribution >= 0.6 is 0 Å². The summed E-state index contributed by atoms with van der Waals surface area (Å²) in [4.78, 5) is 17.5. The molecule has 29 heavy (non-hydrogen) atoms. The maximum Gasteiger partial charge on any atom is 0.274 e. The summed E-state index contributed by atoms with van der Waals surface area (Å²) in [6.45, 7) is 0. The topological polar surface area (TPSA) is 64.7 Å². The van der Waals surface area contributed by atoms with Crippen molar-refractivity contribution in [1.29, 1.82) is 0 Å². The van der Waals surface area contributed by atoms with Crippen LogP contribution < -0.4 is 5.43 Å². The van der Waals surface area contributed by atoms with E-state index in [1.54, 1.807) is 21.9 Å². The van der Waals surface area contributed by atoms with Crippen LogP contribution in [0.5, 0.6) is 0 Å². The molecule has 6 heteroatoms. The van der Waals surface area contributed by atoms with E-state index in [1.807, 2.05) is 84.9 Å². The Morgan fingerprint density at radius 2 is 1.52 bits per heavy atom. The third-order valence-corrected chi connectivity index (χ3v) is 4.70. The maximum atomic E-state index is 13.2. The second-order valence-corrected chi connectivity index (χ2v) is 6.58. The Hall–Kier alpha value is -4.19. The number of nitrogens with zero attached hydrogens (tertiary/aromatic N) is 4. The highest BCUT2D eigenvalue weighted by molar-refractivity contribution is 6.05. The first-order valence-corrected chi connectivity index (χ1v) is 9.23. The molecule has 0 atom stereocenters. The molecule has 1 N–H and O–H groups in total. The number of para-hydroxylation sites is 3. The van der Waals surface area contributed by atoms with E-state index in [2.05, 4.69) is 10.4 Å². The number of fused-ring (bicyclic) bond motifs is 1. The molecule has 140 valence electrons. The number of amides is 1. The quantitative estimate of drug-likeness (QED) is 0.507. The van der Waals surface area contributed by atoms with Crippen molar-refractivity contribution in [1.82, 2.24) is 19.4 Å². The Bertz CT molecular complexity index is 1290. The predicted octanol–water partition coefficient (Wildman–Crippen LogP) is 4.27. The molecule has 0 bridgehead atoms. The molecule has 1 amide bonds. The van der Waals surface area contributed by atoms with E-state index in [1.165, 1.54) is 0 Å². The van der Waals surface area contributed by atoms with E-state index in [0.717, 1.165) is 22.3 Å². The summed E-state index contributed by atoms with van der Waals surface area (Å²) in [6, 6.07) is 27.1. The zero-order chi connectivity index (χ0) is 19.6. The third kappa shape index (κ3) is 3.17. The van der Waals surface area contributed by atoms with Crippen LogP contribution in [0.1, 0.15) is 10.4 Å². The van der Waals surface area contributed by atoms with Crippen molar-refractivity contribution in [2.45, 2.75) is 0 Å². The van der Waals surface area contributed by atoms with Crippen molar-refractivity contribution in [2.75, 3.05) is 5.43 Å². The van der Waals surface area contributed by atoms with Crippen LogP contribution in [0.4, 0.5) is 0 Å². The van der Waals surface area contributed by atoms with E-state index in [0.29, 0.717) is 11.3 Å². The van der Waals surface area contributed by atoms with Crippen LogP contribution in [0, 0.1) is 0 Å². The average Bonchev–Trinajstić information content (AvgIpc) is 3.40. The number of carbonyl (C=O) groups excluding carboxylic acids is 1. The van der Waals surface area contributed by atoms with Gasteiger partial charge in [0.2, 0.25) is 0 Å². The lowest BCUT2D eigenvalue weighted by atomic mass is 10.1. The van der Waals surface area contributed by atoms with Gasteiger partial charge in [0, 0.05) is 11.8 Å². The minimum Gasteiger partial charge on any atom is -0.267 e. The molecule has 0 spiro atoms. The van der Waals surface area contributed by atoms with Crippen molar-refractivity contribution in [3.8, 4) is 16.9 Å². The van der Waals surface area contributed by atoms with Crippen molar-refractivity contribution in [2.24, 2.45) is 0 Å². The van der Waals surface area contributed by atoms with Gasteiger partial charge in [0.05, 0.1) is 22.3 Å². The third-order valence-electron chi connectivity index (χ3n) is 4.70. The number of carbonyl (C=O) groups is 1. The first kappa shape index (κ1) is 16.9. The summed E-state index contributed by atoms with van der Waals surface area (Å²) in [5, 5.41) is 4.69. The maximum absolute atomic E-state index is 13.2. The van der Waals surface area contributed by atoms with Crippen molar-refractivity contribution in [3.05, 3.63) is 103 Å². The molecule has 0 aliphatic carbocycles. The fourth-order valence-electron chi connectivity index (χ4n) is 3.28. The van der Waals surface area contributed by atoms with Gasteiger partial charge in [-0.1, -0.05) is 60.7 Å². The van der Waals surface area contributed by atoms with Crippen molar-refractivity contribution in [3.63, 3.8) is 0 Å². The molecule has 2 aromatic heterocycles. The normalized spacial score (nSPS) is 10.9. The Balaban J connectivity index is 1.57. The molecule has 0 aliphatic heterocycles. The van der Waals surface area contributed by atoms with Crippen LogP contribution in [0.15, 0.2) is 97.5 Å². The predicted molar refractivity (Wildman–Crippen MR) is 112 cm³/mol. The molecule has 0 fully saturated rings. The molecule has 0 radical (unpaired) electrons. The monoisotopic (exact) mass is 379 g/mol. The summed E-state index contributed by atoms with van der Waals surface area (Å²) in [6.07, 6.45) is 3.36. The first-order valence-electron chi connectivity index (χ1n) is 9.23. The number of rotatable bonds is 4. The van der Waals surface area contributed by atoms with Gasteiger partial charge in [-0.3, -0.25) is 10.2 Å². The van der Waals surface area contributed by atoms with Gasteiger partial charge >= 0.3 is 0 Å². The number of imidazole rings is 1. The Morgan fingerprint density at radius 3 is 2.31 bits per heavy atom. The van der Waals surface area contributed by atoms with Gasteiger partial charge in [0.15, 0.2) is 0 Å². The van der Waals surface area contributed by atoms with Gasteiger partial charge < -0.3 is 0 Å². The van der Waals surface area contributed by atoms with E-state index in [-0.39, 0.29) is 5.91 Å². The van der Waals surface area contributed by atoms with Crippen molar-refractivity contribution >= 4 is 16.9 Å². The minimum atomic E-state index is -0.255. The Kier molecular flexibility index (Phi) is 4.14. The van der Waals surface area contributed by atoms with Gasteiger partial charge in [0.1, 0.15) is 12.0 Å². The zero-order valence-electron chi connectivity index (χ0n) is 15.4. The van der Waals surface area contributed by atoms with Crippen LogP contribution in [-0.4, -0.2) is 25.3 Å². The smallest absolute Gasteiger partial charge is 0.267 e. The van der Waals surface area contributed by atoms with E-state index >= 15 is 0 Å². The highest BCUT2D eigenvalue weighted by atomic mass is 16.2. The van der Waals surface area contributed by atoms with Gasteiger partial charge in [0.25, 0.3) is 5.91 Å². The second kappa shape index (κ2) is 7.09. The van der Waals surface area contributed by atoms with Gasteiger partial charge in [-0.15, -0.1) is 0 Å². The van der Waals surface area contributed by atoms with E-state index in [4.69, 9.17) is 5.10 Å². The molecule has 0 saturated heterocycles. The Labute approximate surface area is 167 Å². The van der Waals surface area contributed by atoms with Crippen molar-refractivity contribution < 1.29 is 4.79 Å². The van der Waals surface area contributed by atoms with Crippen LogP contribution in [0.3, 0.4) is 0 Å². The summed E-state index contributed by atoms with van der Waals surface area (Å²) in [5.41, 5.74) is 7.43. The van der Waals surface area contributed by atoms with Gasteiger partial charge in [-0.05, 0) is 24.3 Å². The number of aromatic nitrogens is 4. The number of hydrogen-bond donors (Lipinski definition) is 1. The summed E-state index contributed by atoms with van der Waals surface area (Å²) < 4.78 is 3.36. The highest BCUT2D eigenvalue weighted by Crippen LogP contribution is 2.24. The average molecular weight is 379 g/mol. The van der Waals surface area contributed by atoms with Crippen LogP contribution in [0.2, 0.25) is 0 Å². The zero-order valence-corrected chi connectivity index (χ0v) is 15.4. The highest BCUT2D eigenvalue weighted by Gasteiger charge is 2.19. The molecule has 5 rings (SSSR count). The first-order chi connectivity index (χ1) is 14.3. The fourth-order valence-corrected chi connectivity index (χ4v) is 3.28. The van der Waals surface area contributed by atoms with E-state index < -0.39 is 0 Å². The van der Waals surface area contributed by atoms with Crippen LogP contribution in [-0.2, 0) is 0 Å². The van der Waals surface area contributed by atoms with Gasteiger partial charge in [-0.25, -0.2) is 14.3 Å². The Morgan fingerprint density at radius 1 is 0.828 bits per heavy atom. The fraction of sp³-hybridized carbons (Fsp3) is 0. The number of benzene rings is 3. The standard InChI is InChI=1S/C23H17N5O/c29-23(26-28-16-24-20-13-7-8-14-21(20)28)19-15-27(18-11-5-2-6-12-18)25-22(19)17-9-3-1-4-10-17/h1-16H,(H,26,29). The minimum absolute atomic E-state index is 0.255. The summed E-state index contributed by atoms with van der Waals surface area (Å²) in [5.74, 6) is -0.255. The molecule has 5 aromatic rings. The number of nitrogens with one attached hydrogen (secondary N) is 1. The molecule has 2 heterocycles. The molecular formula is C23H17N5O. The largest absolute Gasteiger partial charge is 0.274 e. The van der Waals surface area contributed by atoms with E-state index in [9.17, 15) is 4.79 Å². The lowest BCUT2D eigenvalue weighted by molar-refractivity contribution is 0.101. The lowest BCUT2D eigenvalue weighted by Crippen LogP contribution is -2.22. The number of hydrogen-bond acceptors (Lipinski definition) is 3. The summed E-state index contributed by atoms with van der Waals surface area (Å²) >= 11 is 0. The second-order valence-electron chi connectivity index (χ2n) is 6.58. The lowest BCUT2D eigenvalue weighted by Gasteiger charge is -2.07. The summed E-state index contributed by atoms with van der Waals surface area (Å²) in [7, 11) is 0. The SMILES string of the molecule is O=C(Nn1cnc2ccccc21)c1cn(-c2ccccc2)nc1-c1ccccc1. The molecule has 0 saturated carbocycles.